The number of hydrogen-bond donors (Lipinski definition) is 1. The zero-order valence-electron chi connectivity index (χ0n) is 21.6. The molecule has 1 N–H and O–H groups in total. The highest BCUT2D eigenvalue weighted by Crippen LogP contribution is 2.54. The van der Waals surface area contributed by atoms with Gasteiger partial charge in [-0.2, -0.15) is 0 Å². The Morgan fingerprint density at radius 1 is 1.05 bits per heavy atom. The van der Waals surface area contributed by atoms with E-state index in [2.05, 4.69) is 75.2 Å². The lowest BCUT2D eigenvalue weighted by Crippen LogP contribution is -2.50. The molecule has 2 aromatic carbocycles. The van der Waals surface area contributed by atoms with Gasteiger partial charge in [-0.15, -0.1) is 5.92 Å². The molecule has 1 aromatic heterocycles. The Morgan fingerprint density at radius 2 is 1.86 bits per heavy atom. The van der Waals surface area contributed by atoms with E-state index in [9.17, 15) is 5.11 Å². The number of hydrogen-bond acceptors (Lipinski definition) is 5. The molecule has 3 atom stereocenters. The number of anilines is 1. The first kappa shape index (κ1) is 24.0. The van der Waals surface area contributed by atoms with Gasteiger partial charge in [0.15, 0.2) is 5.82 Å². The molecule has 1 aliphatic heterocycles. The Bertz CT molecular complexity index is 1320. The molecule has 0 bridgehead atoms. The predicted octanol–water partition coefficient (Wildman–Crippen LogP) is 5.85. The first-order chi connectivity index (χ1) is 18.1. The van der Waals surface area contributed by atoms with Crippen molar-refractivity contribution in [2.24, 2.45) is 5.92 Å². The summed E-state index contributed by atoms with van der Waals surface area (Å²) in [4.78, 5) is 11.4. The summed E-state index contributed by atoms with van der Waals surface area (Å²) >= 11 is 0. The van der Waals surface area contributed by atoms with Crippen molar-refractivity contribution in [1.82, 2.24) is 9.97 Å². The van der Waals surface area contributed by atoms with Gasteiger partial charge in [-0.05, 0) is 93.0 Å². The molecule has 3 aromatic rings. The molecule has 1 saturated heterocycles. The molecular weight excluding hydrogens is 458 g/mol. The number of rotatable bonds is 5. The molecular formula is C32H35N3O2. The highest BCUT2D eigenvalue weighted by atomic mass is 16.5. The summed E-state index contributed by atoms with van der Waals surface area (Å²) in [6.07, 6.45) is 11.2. The van der Waals surface area contributed by atoms with E-state index in [1.165, 1.54) is 29.5 Å². The number of ether oxygens (including phenoxy) is 1. The molecule has 0 spiro atoms. The number of nitrogens with zero attached hydrogens (tertiary/aromatic N) is 3. The van der Waals surface area contributed by atoms with E-state index in [-0.39, 0.29) is 5.41 Å². The van der Waals surface area contributed by atoms with Crippen LogP contribution in [-0.2, 0) is 18.3 Å². The van der Waals surface area contributed by atoms with Crippen LogP contribution >= 0.6 is 0 Å². The monoisotopic (exact) mass is 493 g/mol. The van der Waals surface area contributed by atoms with Crippen molar-refractivity contribution in [3.8, 4) is 23.5 Å². The zero-order chi connectivity index (χ0) is 25.3. The maximum absolute atomic E-state index is 11.3. The Morgan fingerprint density at radius 3 is 2.68 bits per heavy atom. The van der Waals surface area contributed by atoms with Gasteiger partial charge in [0.25, 0.3) is 5.88 Å². The number of benzene rings is 2. The first-order valence-corrected chi connectivity index (χ1v) is 13.7. The summed E-state index contributed by atoms with van der Waals surface area (Å²) in [5.41, 5.74) is 3.22. The molecule has 0 unspecified atom stereocenters. The van der Waals surface area contributed by atoms with E-state index in [4.69, 9.17) is 4.74 Å². The fourth-order valence-electron chi connectivity index (χ4n) is 7.01. The minimum absolute atomic E-state index is 0.0115. The topological polar surface area (TPSA) is 58.5 Å². The van der Waals surface area contributed by atoms with Crippen LogP contribution in [0.4, 0.5) is 5.82 Å². The van der Waals surface area contributed by atoms with Gasteiger partial charge < -0.3 is 14.7 Å². The van der Waals surface area contributed by atoms with Crippen LogP contribution in [0.3, 0.4) is 0 Å². The summed E-state index contributed by atoms with van der Waals surface area (Å²) in [5, 5.41) is 11.3. The third-order valence-electron chi connectivity index (χ3n) is 8.71. The molecule has 1 saturated carbocycles. The van der Waals surface area contributed by atoms with Crippen LogP contribution in [-0.4, -0.2) is 33.8 Å². The van der Waals surface area contributed by atoms with E-state index in [1.54, 1.807) is 12.4 Å². The molecule has 2 aliphatic carbocycles. The van der Waals surface area contributed by atoms with E-state index < -0.39 is 5.60 Å². The van der Waals surface area contributed by atoms with Crippen molar-refractivity contribution in [2.45, 2.75) is 69.3 Å². The Hall–Kier alpha value is -3.36. The van der Waals surface area contributed by atoms with E-state index in [0.717, 1.165) is 56.8 Å². The van der Waals surface area contributed by atoms with Crippen molar-refractivity contribution in [3.63, 3.8) is 0 Å². The van der Waals surface area contributed by atoms with E-state index in [0.29, 0.717) is 18.2 Å². The Balaban J connectivity index is 1.34. The van der Waals surface area contributed by atoms with Crippen LogP contribution < -0.4 is 9.64 Å². The number of aryl methyl sites for hydroxylation is 1. The highest BCUT2D eigenvalue weighted by molar-refractivity contribution is 5.52. The standard InChI is InChI=1S/C32H35N3O2/c1-2-14-31(36)15-16-32(22-24-8-4-3-5-9-24)26(23-31)11-10-25-21-27(12-13-28(25)32)37-30-29(33-17-18-34-30)35-19-6-7-20-35/h3-5,8-9,12-13,17-18,21,26,36H,6-7,10-11,15-16,19-20,22-23H2,1H3/t26-,31-,32+/m1/s1. The van der Waals surface area contributed by atoms with Gasteiger partial charge in [0.05, 0.1) is 0 Å². The third-order valence-corrected chi connectivity index (χ3v) is 8.71. The van der Waals surface area contributed by atoms with Gasteiger partial charge in [-0.1, -0.05) is 42.3 Å². The van der Waals surface area contributed by atoms with Crippen molar-refractivity contribution in [2.75, 3.05) is 18.0 Å². The second kappa shape index (κ2) is 9.84. The third kappa shape index (κ3) is 4.60. The normalized spacial score (nSPS) is 26.5. The van der Waals surface area contributed by atoms with Crippen LogP contribution in [0.2, 0.25) is 0 Å². The van der Waals surface area contributed by atoms with Gasteiger partial charge in [0.1, 0.15) is 11.4 Å². The first-order valence-electron chi connectivity index (χ1n) is 13.7. The largest absolute Gasteiger partial charge is 0.436 e. The summed E-state index contributed by atoms with van der Waals surface area (Å²) in [6, 6.07) is 17.4. The molecule has 5 nitrogen and oxygen atoms in total. The fourth-order valence-corrected chi connectivity index (χ4v) is 7.01. The summed E-state index contributed by atoms with van der Waals surface area (Å²) < 4.78 is 6.37. The van der Waals surface area contributed by atoms with Gasteiger partial charge in [-0.3, -0.25) is 0 Å². The summed E-state index contributed by atoms with van der Waals surface area (Å²) in [5.74, 6) is 8.73. The smallest absolute Gasteiger partial charge is 0.263 e. The van der Waals surface area contributed by atoms with Crippen molar-refractivity contribution < 1.29 is 9.84 Å². The minimum atomic E-state index is -0.877. The second-order valence-electron chi connectivity index (χ2n) is 11.0. The van der Waals surface area contributed by atoms with Crippen LogP contribution in [0, 0.1) is 17.8 Å². The molecule has 190 valence electrons. The molecule has 3 aliphatic rings. The van der Waals surface area contributed by atoms with Crippen molar-refractivity contribution >= 4 is 5.82 Å². The Kier molecular flexibility index (Phi) is 6.38. The van der Waals surface area contributed by atoms with Crippen molar-refractivity contribution in [1.29, 1.82) is 0 Å². The number of aliphatic hydroxyl groups is 1. The second-order valence-corrected chi connectivity index (χ2v) is 11.0. The molecule has 0 radical (unpaired) electrons. The van der Waals surface area contributed by atoms with Gasteiger partial charge in [-0.25, -0.2) is 9.97 Å². The number of aromatic nitrogens is 2. The van der Waals surface area contributed by atoms with Crippen LogP contribution in [0.5, 0.6) is 11.6 Å². The lowest BCUT2D eigenvalue weighted by atomic mass is 9.52. The lowest BCUT2D eigenvalue weighted by Gasteiger charge is -2.52. The molecule has 2 fully saturated rings. The van der Waals surface area contributed by atoms with Gasteiger partial charge in [0.2, 0.25) is 0 Å². The van der Waals surface area contributed by atoms with Crippen molar-refractivity contribution in [3.05, 3.63) is 77.6 Å². The molecule has 37 heavy (non-hydrogen) atoms. The van der Waals surface area contributed by atoms with Crippen LogP contribution in [0.1, 0.15) is 62.1 Å². The van der Waals surface area contributed by atoms with Gasteiger partial charge in [0, 0.05) is 30.9 Å². The minimum Gasteiger partial charge on any atom is -0.436 e. The van der Waals surface area contributed by atoms with Gasteiger partial charge >= 0.3 is 0 Å². The maximum Gasteiger partial charge on any atom is 0.263 e. The van der Waals surface area contributed by atoms with E-state index in [1.807, 2.05) is 6.92 Å². The number of fused-ring (bicyclic) bond motifs is 3. The SMILES string of the molecule is CC#C[C@@]1(O)CC[C@@]2(Cc3ccccc3)c3ccc(Oc4nccnc4N4CCCC4)cc3CC[C@@H]2C1. The highest BCUT2D eigenvalue weighted by Gasteiger charge is 2.51. The molecule has 6 rings (SSSR count). The fraction of sp³-hybridized carbons (Fsp3) is 0.438. The lowest BCUT2D eigenvalue weighted by molar-refractivity contribution is -0.00804. The summed E-state index contributed by atoms with van der Waals surface area (Å²) in [7, 11) is 0. The zero-order valence-corrected chi connectivity index (χ0v) is 21.6. The van der Waals surface area contributed by atoms with E-state index >= 15 is 0 Å². The molecule has 5 heteroatoms. The Labute approximate surface area is 219 Å². The molecule has 0 amide bonds. The quantitative estimate of drug-likeness (QED) is 0.452. The average molecular weight is 494 g/mol. The van der Waals surface area contributed by atoms with Crippen LogP contribution in [0.15, 0.2) is 60.9 Å². The molecule has 2 heterocycles. The predicted molar refractivity (Wildman–Crippen MR) is 146 cm³/mol. The maximum atomic E-state index is 11.3. The summed E-state index contributed by atoms with van der Waals surface area (Å²) in [6.45, 7) is 3.82. The average Bonchev–Trinajstić information content (AvgIpc) is 3.45. The van der Waals surface area contributed by atoms with Crippen LogP contribution in [0.25, 0.3) is 0 Å².